The van der Waals surface area contributed by atoms with Crippen LogP contribution in [0, 0.1) is 0 Å². The summed E-state index contributed by atoms with van der Waals surface area (Å²) < 4.78 is 27.5. The van der Waals surface area contributed by atoms with Gasteiger partial charge in [-0.2, -0.15) is 0 Å². The predicted molar refractivity (Wildman–Crippen MR) is 120 cm³/mol. The smallest absolute Gasteiger partial charge is 0.257 e. The fraction of sp³-hybridized carbons (Fsp3) is 0.364. The van der Waals surface area contributed by atoms with Gasteiger partial charge in [-0.15, -0.1) is 4.40 Å². The van der Waals surface area contributed by atoms with Crippen molar-refractivity contribution >= 4 is 38.5 Å². The molecule has 0 saturated carbocycles. The Bertz CT molecular complexity index is 1120. The second-order valence-electron chi connectivity index (χ2n) is 7.91. The number of aryl methyl sites for hydroxylation is 1. The van der Waals surface area contributed by atoms with E-state index in [4.69, 9.17) is 0 Å². The lowest BCUT2D eigenvalue weighted by Gasteiger charge is -2.25. The average Bonchev–Trinajstić information content (AvgIpc) is 3.34. The number of amidine groups is 1. The van der Waals surface area contributed by atoms with E-state index in [9.17, 15) is 13.2 Å². The van der Waals surface area contributed by atoms with Gasteiger partial charge in [0.1, 0.15) is 0 Å². The first-order valence-electron chi connectivity index (χ1n) is 10.3. The third-order valence-corrected chi connectivity index (χ3v) is 8.27. The second kappa shape index (κ2) is 7.74. The highest BCUT2D eigenvalue weighted by molar-refractivity contribution is 8.15. The number of fused-ring (bicyclic) bond motifs is 3. The number of likely N-dealkylation sites (tertiary alicyclic amines) is 1. The van der Waals surface area contributed by atoms with E-state index in [2.05, 4.69) is 28.7 Å². The van der Waals surface area contributed by atoms with Crippen LogP contribution >= 0.6 is 11.8 Å². The maximum atomic E-state index is 13.3. The first kappa shape index (κ1) is 19.6. The van der Waals surface area contributed by atoms with Gasteiger partial charge < -0.3 is 9.80 Å². The summed E-state index contributed by atoms with van der Waals surface area (Å²) in [5.41, 5.74) is 2.90. The van der Waals surface area contributed by atoms with E-state index >= 15 is 0 Å². The fourth-order valence-electron chi connectivity index (χ4n) is 4.41. The number of hydrogen-bond donors (Lipinski definition) is 0. The van der Waals surface area contributed by atoms with Crippen molar-refractivity contribution in [1.29, 1.82) is 0 Å². The minimum Gasteiger partial charge on any atom is -0.336 e. The number of carbonyl (C=O) groups excluding carboxylic acids is 1. The van der Waals surface area contributed by atoms with Crippen molar-refractivity contribution in [2.24, 2.45) is 4.40 Å². The number of sulfonamides is 1. The Morgan fingerprint density at radius 1 is 1.13 bits per heavy atom. The number of amides is 1. The standard InChI is InChI=1S/C22H23N3O3S2/c26-21(24-12-4-7-18(24)10-8-16-5-2-1-3-6-16)17-9-11-19-20(15-17)29-22-23-30(27,28)14-13-25(19)22/h1-3,5-6,9,11,15,18H,4,7-8,10,12-14H2. The molecule has 0 spiro atoms. The lowest BCUT2D eigenvalue weighted by molar-refractivity contribution is 0.0730. The van der Waals surface area contributed by atoms with E-state index in [1.165, 1.54) is 17.3 Å². The molecule has 3 aliphatic rings. The molecule has 8 heteroatoms. The van der Waals surface area contributed by atoms with Crippen molar-refractivity contribution in [3.05, 3.63) is 59.7 Å². The van der Waals surface area contributed by atoms with Gasteiger partial charge in [0.05, 0.1) is 11.4 Å². The van der Waals surface area contributed by atoms with Crippen LogP contribution in [-0.2, 0) is 16.4 Å². The predicted octanol–water partition coefficient (Wildman–Crippen LogP) is 3.54. The Morgan fingerprint density at radius 3 is 2.80 bits per heavy atom. The molecule has 3 heterocycles. The number of anilines is 1. The fourth-order valence-corrected chi connectivity index (χ4v) is 6.71. The number of carbonyl (C=O) groups is 1. The van der Waals surface area contributed by atoms with Crippen LogP contribution < -0.4 is 4.90 Å². The zero-order valence-electron chi connectivity index (χ0n) is 16.5. The lowest BCUT2D eigenvalue weighted by atomic mass is 10.0. The topological polar surface area (TPSA) is 70.0 Å². The Labute approximate surface area is 181 Å². The molecule has 0 bridgehead atoms. The van der Waals surface area contributed by atoms with Gasteiger partial charge >= 0.3 is 0 Å². The molecule has 156 valence electrons. The van der Waals surface area contributed by atoms with Crippen molar-refractivity contribution in [2.75, 3.05) is 23.7 Å². The maximum Gasteiger partial charge on any atom is 0.257 e. The minimum atomic E-state index is -3.38. The van der Waals surface area contributed by atoms with Crippen LogP contribution in [0.5, 0.6) is 0 Å². The Balaban J connectivity index is 1.32. The van der Waals surface area contributed by atoms with Crippen LogP contribution in [0.15, 0.2) is 57.8 Å². The summed E-state index contributed by atoms with van der Waals surface area (Å²) in [6.45, 7) is 1.20. The Hall–Kier alpha value is -2.32. The van der Waals surface area contributed by atoms with E-state index in [-0.39, 0.29) is 17.7 Å². The Morgan fingerprint density at radius 2 is 1.97 bits per heavy atom. The summed E-state index contributed by atoms with van der Waals surface area (Å²) in [5.74, 6) is 0.0852. The van der Waals surface area contributed by atoms with E-state index < -0.39 is 10.0 Å². The summed E-state index contributed by atoms with van der Waals surface area (Å²) >= 11 is 1.33. The molecule has 1 saturated heterocycles. The quantitative estimate of drug-likeness (QED) is 0.726. The zero-order valence-corrected chi connectivity index (χ0v) is 18.2. The largest absolute Gasteiger partial charge is 0.336 e. The summed E-state index contributed by atoms with van der Waals surface area (Å²) in [7, 11) is -3.38. The van der Waals surface area contributed by atoms with Crippen molar-refractivity contribution in [3.63, 3.8) is 0 Å². The van der Waals surface area contributed by atoms with Crippen molar-refractivity contribution in [1.82, 2.24) is 4.90 Å². The van der Waals surface area contributed by atoms with E-state index in [1.54, 1.807) is 0 Å². The van der Waals surface area contributed by atoms with Gasteiger partial charge in [0.2, 0.25) is 0 Å². The third-order valence-electron chi connectivity index (χ3n) is 5.97. The number of rotatable bonds is 4. The molecule has 0 N–H and O–H groups in total. The van der Waals surface area contributed by atoms with Gasteiger partial charge in [-0.3, -0.25) is 4.79 Å². The molecule has 3 aliphatic heterocycles. The molecule has 0 radical (unpaired) electrons. The van der Waals surface area contributed by atoms with Gasteiger partial charge in [-0.25, -0.2) is 8.42 Å². The van der Waals surface area contributed by atoms with E-state index in [0.29, 0.717) is 17.3 Å². The highest BCUT2D eigenvalue weighted by atomic mass is 32.2. The maximum absolute atomic E-state index is 13.3. The minimum absolute atomic E-state index is 0.0219. The SMILES string of the molecule is O=C(c1ccc2c(c1)SC1=NS(=O)(=O)CCN12)N1CCCC1CCc1ccccc1. The molecule has 30 heavy (non-hydrogen) atoms. The van der Waals surface area contributed by atoms with Crippen LogP contribution in [0.3, 0.4) is 0 Å². The molecule has 2 aromatic rings. The van der Waals surface area contributed by atoms with Crippen molar-refractivity contribution in [3.8, 4) is 0 Å². The van der Waals surface area contributed by atoms with Crippen LogP contribution in [0.1, 0.15) is 35.2 Å². The van der Waals surface area contributed by atoms with Crippen molar-refractivity contribution < 1.29 is 13.2 Å². The normalized spacial score (nSPS) is 21.9. The highest BCUT2D eigenvalue weighted by Gasteiger charge is 2.35. The van der Waals surface area contributed by atoms with E-state index in [0.717, 1.165) is 42.8 Å². The average molecular weight is 442 g/mol. The van der Waals surface area contributed by atoms with Gasteiger partial charge in [0, 0.05) is 29.6 Å². The molecule has 1 fully saturated rings. The monoisotopic (exact) mass is 441 g/mol. The number of nitrogens with zero attached hydrogens (tertiary/aromatic N) is 3. The number of hydrogen-bond acceptors (Lipinski definition) is 5. The molecule has 2 aromatic carbocycles. The lowest BCUT2D eigenvalue weighted by Crippen LogP contribution is -2.36. The van der Waals surface area contributed by atoms with Crippen molar-refractivity contribution in [2.45, 2.75) is 36.6 Å². The molecule has 0 aromatic heterocycles. The first-order valence-corrected chi connectivity index (χ1v) is 12.7. The van der Waals surface area contributed by atoms with E-state index in [1.807, 2.05) is 34.1 Å². The third kappa shape index (κ3) is 3.74. The van der Waals surface area contributed by atoms with Gasteiger partial charge in [0.25, 0.3) is 15.9 Å². The van der Waals surface area contributed by atoms with Crippen LogP contribution in [0.25, 0.3) is 0 Å². The second-order valence-corrected chi connectivity index (χ2v) is 10.7. The van der Waals surface area contributed by atoms with Crippen LogP contribution in [-0.4, -0.2) is 49.3 Å². The first-order chi connectivity index (χ1) is 14.5. The molecule has 1 amide bonds. The number of thioether (sulfide) groups is 1. The molecular formula is C22H23N3O3S2. The Kier molecular flexibility index (Phi) is 5.06. The molecule has 1 atom stereocenters. The molecule has 0 aliphatic carbocycles. The zero-order chi connectivity index (χ0) is 20.7. The number of benzene rings is 2. The molecular weight excluding hydrogens is 418 g/mol. The highest BCUT2D eigenvalue weighted by Crippen LogP contribution is 2.42. The summed E-state index contributed by atoms with van der Waals surface area (Å²) in [6.07, 6.45) is 4.02. The van der Waals surface area contributed by atoms with Crippen LogP contribution in [0.2, 0.25) is 0 Å². The summed E-state index contributed by atoms with van der Waals surface area (Å²) in [6, 6.07) is 16.3. The molecule has 6 nitrogen and oxygen atoms in total. The van der Waals surface area contributed by atoms with Gasteiger partial charge in [0.15, 0.2) is 5.17 Å². The van der Waals surface area contributed by atoms with Gasteiger partial charge in [-0.1, -0.05) is 30.3 Å². The molecule has 1 unspecified atom stereocenters. The summed E-state index contributed by atoms with van der Waals surface area (Å²) in [4.78, 5) is 18.1. The molecule has 5 rings (SSSR count). The van der Waals surface area contributed by atoms with Crippen LogP contribution in [0.4, 0.5) is 5.69 Å². The van der Waals surface area contributed by atoms with Gasteiger partial charge in [-0.05, 0) is 61.2 Å². The summed E-state index contributed by atoms with van der Waals surface area (Å²) in [5, 5.41) is 0.489.